The van der Waals surface area contributed by atoms with Crippen molar-refractivity contribution >= 4 is 35.2 Å². The molecule has 0 aromatic heterocycles. The molecule has 1 aliphatic carbocycles. The van der Waals surface area contributed by atoms with Gasteiger partial charge in [-0.05, 0) is 43.9 Å². The number of imide groups is 1. The van der Waals surface area contributed by atoms with E-state index in [1.54, 1.807) is 25.1 Å². The molecule has 4 amide bonds. The van der Waals surface area contributed by atoms with Crippen molar-refractivity contribution in [3.05, 3.63) is 47.0 Å². The van der Waals surface area contributed by atoms with E-state index in [1.807, 2.05) is 25.1 Å². The van der Waals surface area contributed by atoms with Crippen LogP contribution in [0, 0.1) is 11.8 Å². The first kappa shape index (κ1) is 25.0. The molecule has 0 spiro atoms. The molecule has 2 aliphatic rings. The molecule has 1 aromatic rings. The summed E-state index contributed by atoms with van der Waals surface area (Å²) in [5.41, 5.74) is 0.800. The molecular formula is C25H32ClN3O4. The zero-order valence-corrected chi connectivity index (χ0v) is 20.0. The van der Waals surface area contributed by atoms with E-state index in [9.17, 15) is 19.2 Å². The zero-order valence-electron chi connectivity index (χ0n) is 19.3. The van der Waals surface area contributed by atoms with Crippen LogP contribution in [0.15, 0.2) is 36.4 Å². The minimum atomic E-state index is -0.704. The van der Waals surface area contributed by atoms with Crippen LogP contribution >= 0.6 is 11.6 Å². The molecule has 1 N–H and O–H groups in total. The molecule has 3 atom stereocenters. The van der Waals surface area contributed by atoms with Gasteiger partial charge in [0.15, 0.2) is 0 Å². The molecule has 33 heavy (non-hydrogen) atoms. The van der Waals surface area contributed by atoms with Crippen molar-refractivity contribution in [3.63, 3.8) is 0 Å². The van der Waals surface area contributed by atoms with Gasteiger partial charge in [-0.1, -0.05) is 49.2 Å². The lowest BCUT2D eigenvalue weighted by Gasteiger charge is -2.29. The van der Waals surface area contributed by atoms with E-state index in [2.05, 4.69) is 5.32 Å². The van der Waals surface area contributed by atoms with Gasteiger partial charge in [0.05, 0.1) is 11.8 Å². The summed E-state index contributed by atoms with van der Waals surface area (Å²) in [6.45, 7) is 4.51. The Bertz CT molecular complexity index is 906. The third-order valence-corrected chi connectivity index (χ3v) is 6.62. The van der Waals surface area contributed by atoms with E-state index in [-0.39, 0.29) is 55.0 Å². The van der Waals surface area contributed by atoms with E-state index in [1.165, 1.54) is 9.80 Å². The van der Waals surface area contributed by atoms with Crippen molar-refractivity contribution in [1.29, 1.82) is 0 Å². The summed E-state index contributed by atoms with van der Waals surface area (Å²) < 4.78 is 0. The molecule has 3 rings (SSSR count). The van der Waals surface area contributed by atoms with Gasteiger partial charge in [0.1, 0.15) is 6.04 Å². The molecule has 1 unspecified atom stereocenters. The van der Waals surface area contributed by atoms with Crippen LogP contribution in [-0.4, -0.2) is 52.6 Å². The second kappa shape index (κ2) is 11.5. The highest BCUT2D eigenvalue weighted by Crippen LogP contribution is 2.35. The van der Waals surface area contributed by atoms with Gasteiger partial charge in [0, 0.05) is 31.1 Å². The summed E-state index contributed by atoms with van der Waals surface area (Å²) in [6, 6.07) is 6.44. The van der Waals surface area contributed by atoms with Crippen molar-refractivity contribution < 1.29 is 19.2 Å². The van der Waals surface area contributed by atoms with Crippen LogP contribution < -0.4 is 5.32 Å². The van der Waals surface area contributed by atoms with Crippen molar-refractivity contribution in [2.24, 2.45) is 11.8 Å². The number of nitrogens with one attached hydrogen (secondary N) is 1. The second-order valence-electron chi connectivity index (χ2n) is 8.71. The Balaban J connectivity index is 1.69. The van der Waals surface area contributed by atoms with Crippen LogP contribution in [0.3, 0.4) is 0 Å². The average molecular weight is 474 g/mol. The van der Waals surface area contributed by atoms with E-state index < -0.39 is 6.04 Å². The number of hydrogen-bond donors (Lipinski definition) is 1. The lowest BCUT2D eigenvalue weighted by Crippen LogP contribution is -2.48. The van der Waals surface area contributed by atoms with Crippen molar-refractivity contribution in [2.75, 3.05) is 13.1 Å². The minimum absolute atomic E-state index is 0.0275. The quantitative estimate of drug-likeness (QED) is 0.321. The summed E-state index contributed by atoms with van der Waals surface area (Å²) in [4.78, 5) is 54.1. The number of fused-ring (bicyclic) bond motifs is 1. The first-order chi connectivity index (χ1) is 15.8. The highest BCUT2D eigenvalue weighted by atomic mass is 35.5. The molecule has 178 valence electrons. The van der Waals surface area contributed by atoms with Gasteiger partial charge in [0.2, 0.25) is 23.6 Å². The molecule has 0 saturated carbocycles. The molecule has 1 aromatic carbocycles. The second-order valence-corrected chi connectivity index (χ2v) is 9.14. The molecule has 1 fully saturated rings. The highest BCUT2D eigenvalue weighted by molar-refractivity contribution is 6.30. The Labute approximate surface area is 200 Å². The predicted octanol–water partition coefficient (Wildman–Crippen LogP) is 3.31. The fourth-order valence-electron chi connectivity index (χ4n) is 4.39. The molecule has 1 heterocycles. The van der Waals surface area contributed by atoms with Gasteiger partial charge in [0.25, 0.3) is 0 Å². The Kier molecular flexibility index (Phi) is 8.67. The first-order valence-electron chi connectivity index (χ1n) is 11.6. The van der Waals surface area contributed by atoms with Gasteiger partial charge in [-0.25, -0.2) is 0 Å². The molecule has 0 bridgehead atoms. The topological polar surface area (TPSA) is 86.8 Å². The SMILES string of the molecule is CCCCNC(=O)C(C)N(Cc1cccc(Cl)c1)C(=O)CCN1C(=O)[C@H]2CC=CC[C@H]2C1=O. The van der Waals surface area contributed by atoms with Crippen molar-refractivity contribution in [1.82, 2.24) is 15.1 Å². The number of rotatable bonds is 10. The summed E-state index contributed by atoms with van der Waals surface area (Å²) in [5, 5.41) is 3.42. The maximum absolute atomic E-state index is 13.2. The average Bonchev–Trinajstić information content (AvgIpc) is 3.05. The van der Waals surface area contributed by atoms with Crippen LogP contribution in [0.25, 0.3) is 0 Å². The molecule has 1 saturated heterocycles. The molecule has 8 heteroatoms. The maximum Gasteiger partial charge on any atom is 0.242 e. The van der Waals surface area contributed by atoms with Crippen molar-refractivity contribution in [3.8, 4) is 0 Å². The number of amides is 4. The van der Waals surface area contributed by atoms with Gasteiger partial charge in [-0.2, -0.15) is 0 Å². The predicted molar refractivity (Wildman–Crippen MR) is 126 cm³/mol. The fourth-order valence-corrected chi connectivity index (χ4v) is 4.60. The minimum Gasteiger partial charge on any atom is -0.354 e. The maximum atomic E-state index is 13.2. The number of nitrogens with zero attached hydrogens (tertiary/aromatic N) is 2. The lowest BCUT2D eigenvalue weighted by atomic mass is 9.85. The molecule has 7 nitrogen and oxygen atoms in total. The van der Waals surface area contributed by atoms with E-state index in [4.69, 9.17) is 11.6 Å². The number of hydrogen-bond acceptors (Lipinski definition) is 4. The Hall–Kier alpha value is -2.67. The number of benzene rings is 1. The largest absolute Gasteiger partial charge is 0.354 e. The third kappa shape index (κ3) is 6.02. The smallest absolute Gasteiger partial charge is 0.242 e. The Morgan fingerprint density at radius 3 is 2.45 bits per heavy atom. The van der Waals surface area contributed by atoms with E-state index in [0.29, 0.717) is 24.4 Å². The normalized spacial score (nSPS) is 20.5. The Morgan fingerprint density at radius 2 is 1.85 bits per heavy atom. The molecule has 0 radical (unpaired) electrons. The first-order valence-corrected chi connectivity index (χ1v) is 12.0. The fraction of sp³-hybridized carbons (Fsp3) is 0.520. The van der Waals surface area contributed by atoms with Crippen LogP contribution in [0.1, 0.15) is 51.5 Å². The third-order valence-electron chi connectivity index (χ3n) is 6.39. The van der Waals surface area contributed by atoms with Gasteiger partial charge in [-0.15, -0.1) is 0 Å². The summed E-state index contributed by atoms with van der Waals surface area (Å²) >= 11 is 6.10. The zero-order chi connectivity index (χ0) is 24.0. The monoisotopic (exact) mass is 473 g/mol. The lowest BCUT2D eigenvalue weighted by molar-refractivity contribution is -0.143. The Morgan fingerprint density at radius 1 is 1.18 bits per heavy atom. The van der Waals surface area contributed by atoms with Gasteiger partial charge in [-0.3, -0.25) is 24.1 Å². The van der Waals surface area contributed by atoms with Crippen LogP contribution in [0.4, 0.5) is 0 Å². The van der Waals surface area contributed by atoms with Crippen molar-refractivity contribution in [2.45, 2.75) is 58.5 Å². The number of carbonyl (C=O) groups excluding carboxylic acids is 4. The molecule has 1 aliphatic heterocycles. The van der Waals surface area contributed by atoms with Gasteiger partial charge < -0.3 is 10.2 Å². The summed E-state index contributed by atoms with van der Waals surface area (Å²) in [7, 11) is 0. The van der Waals surface area contributed by atoms with Crippen LogP contribution in [0.2, 0.25) is 5.02 Å². The number of halogens is 1. The number of unbranched alkanes of at least 4 members (excludes halogenated alkanes) is 1. The van der Waals surface area contributed by atoms with Crippen LogP contribution in [0.5, 0.6) is 0 Å². The van der Waals surface area contributed by atoms with E-state index >= 15 is 0 Å². The number of allylic oxidation sites excluding steroid dienone is 2. The number of carbonyl (C=O) groups is 4. The number of likely N-dealkylation sites (tertiary alicyclic amines) is 1. The highest BCUT2D eigenvalue weighted by Gasteiger charge is 2.47. The van der Waals surface area contributed by atoms with E-state index in [0.717, 1.165) is 18.4 Å². The summed E-state index contributed by atoms with van der Waals surface area (Å²) in [5.74, 6) is -1.55. The standard InChI is InChI=1S/C25H32ClN3O4/c1-3-4-13-27-23(31)17(2)29(16-18-8-7-9-19(26)15-18)22(30)12-14-28-24(32)20-10-5-6-11-21(20)25(28)33/h5-9,15,17,20-21H,3-4,10-14,16H2,1-2H3,(H,27,31)/t17?,20-,21+. The van der Waals surface area contributed by atoms with Gasteiger partial charge >= 0.3 is 0 Å². The van der Waals surface area contributed by atoms with Crippen LogP contribution in [-0.2, 0) is 25.7 Å². The summed E-state index contributed by atoms with van der Waals surface area (Å²) in [6.07, 6.45) is 6.79. The molecular weight excluding hydrogens is 442 g/mol.